The number of imidazole rings is 1. The van der Waals surface area contributed by atoms with E-state index in [1.165, 1.54) is 0 Å². The normalized spacial score (nSPS) is 11.0. The van der Waals surface area contributed by atoms with Crippen molar-refractivity contribution in [2.24, 2.45) is 0 Å². The number of pyridine rings is 1. The summed E-state index contributed by atoms with van der Waals surface area (Å²) in [5.74, 6) is 0.792. The van der Waals surface area contributed by atoms with Crippen molar-refractivity contribution in [1.29, 1.82) is 0 Å². The fourth-order valence-electron chi connectivity index (χ4n) is 2.52. The first-order valence-corrected chi connectivity index (χ1v) is 7.77. The summed E-state index contributed by atoms with van der Waals surface area (Å²) in [5, 5.41) is 0. The number of nitrogens with one attached hydrogen (secondary N) is 1. The Hall–Kier alpha value is -2.46. The first-order chi connectivity index (χ1) is 10.8. The highest BCUT2D eigenvalue weighted by atomic mass is 79.9. The minimum Gasteiger partial charge on any atom is -0.337 e. The van der Waals surface area contributed by atoms with E-state index in [9.17, 15) is 0 Å². The van der Waals surface area contributed by atoms with Gasteiger partial charge in [0, 0.05) is 16.2 Å². The molecule has 0 saturated carbocycles. The van der Waals surface area contributed by atoms with E-state index in [1.807, 2.05) is 42.5 Å². The van der Waals surface area contributed by atoms with Crippen LogP contribution in [0.2, 0.25) is 0 Å². The van der Waals surface area contributed by atoms with Crippen LogP contribution in [0.25, 0.3) is 33.7 Å². The van der Waals surface area contributed by atoms with E-state index in [0.29, 0.717) is 0 Å². The molecule has 106 valence electrons. The topological polar surface area (TPSA) is 41.6 Å². The molecule has 3 nitrogen and oxygen atoms in total. The van der Waals surface area contributed by atoms with Crippen LogP contribution >= 0.6 is 15.9 Å². The summed E-state index contributed by atoms with van der Waals surface area (Å²) < 4.78 is 1.07. The SMILES string of the molecule is Brc1ccc(-c2cccc3[nH]c(-c4ccccn4)nc23)cc1. The van der Waals surface area contributed by atoms with Gasteiger partial charge in [-0.2, -0.15) is 0 Å². The number of benzene rings is 2. The molecule has 0 aliphatic heterocycles. The highest BCUT2D eigenvalue weighted by Crippen LogP contribution is 2.29. The lowest BCUT2D eigenvalue weighted by molar-refractivity contribution is 1.24. The van der Waals surface area contributed by atoms with E-state index in [-0.39, 0.29) is 0 Å². The number of hydrogen-bond donors (Lipinski definition) is 1. The average Bonchev–Trinajstić information content (AvgIpc) is 3.01. The number of aromatic nitrogens is 3. The van der Waals surface area contributed by atoms with E-state index in [1.54, 1.807) is 6.20 Å². The van der Waals surface area contributed by atoms with Gasteiger partial charge in [-0.05, 0) is 35.9 Å². The van der Waals surface area contributed by atoms with E-state index in [2.05, 4.69) is 44.1 Å². The first-order valence-electron chi connectivity index (χ1n) is 6.97. The third-order valence-electron chi connectivity index (χ3n) is 3.58. The number of halogens is 1. The third-order valence-corrected chi connectivity index (χ3v) is 4.10. The second kappa shape index (κ2) is 5.39. The van der Waals surface area contributed by atoms with Gasteiger partial charge < -0.3 is 4.98 Å². The third kappa shape index (κ3) is 2.31. The maximum absolute atomic E-state index is 4.75. The van der Waals surface area contributed by atoms with Gasteiger partial charge >= 0.3 is 0 Å². The number of hydrogen-bond acceptors (Lipinski definition) is 2. The zero-order chi connectivity index (χ0) is 14.9. The average molecular weight is 350 g/mol. The predicted octanol–water partition coefficient (Wildman–Crippen LogP) is 5.05. The van der Waals surface area contributed by atoms with Crippen molar-refractivity contribution in [2.75, 3.05) is 0 Å². The number of aromatic amines is 1. The van der Waals surface area contributed by atoms with Crippen molar-refractivity contribution < 1.29 is 0 Å². The van der Waals surface area contributed by atoms with Crippen LogP contribution in [0, 0.1) is 0 Å². The number of H-pyrrole nitrogens is 1. The smallest absolute Gasteiger partial charge is 0.157 e. The lowest BCUT2D eigenvalue weighted by Gasteiger charge is -2.02. The van der Waals surface area contributed by atoms with Gasteiger partial charge in [-0.3, -0.25) is 4.98 Å². The van der Waals surface area contributed by atoms with E-state index < -0.39 is 0 Å². The van der Waals surface area contributed by atoms with Crippen molar-refractivity contribution >= 4 is 27.0 Å². The van der Waals surface area contributed by atoms with Crippen LogP contribution in [-0.4, -0.2) is 15.0 Å². The zero-order valence-electron chi connectivity index (χ0n) is 11.6. The summed E-state index contributed by atoms with van der Waals surface area (Å²) in [6.45, 7) is 0. The minimum atomic E-state index is 0.792. The standard InChI is InChI=1S/C18H12BrN3/c19-13-9-7-12(8-10-13)14-4-3-6-15-17(14)22-18(21-15)16-5-1-2-11-20-16/h1-11H,(H,21,22). The molecule has 2 aromatic carbocycles. The van der Waals surface area contributed by atoms with Gasteiger partial charge in [0.25, 0.3) is 0 Å². The molecule has 0 unspecified atom stereocenters. The van der Waals surface area contributed by atoms with Crippen LogP contribution in [0.15, 0.2) is 71.3 Å². The highest BCUT2D eigenvalue weighted by Gasteiger charge is 2.10. The number of para-hydroxylation sites is 1. The van der Waals surface area contributed by atoms with Gasteiger partial charge in [0.15, 0.2) is 5.82 Å². The molecule has 0 aliphatic rings. The Morgan fingerprint density at radius 1 is 0.864 bits per heavy atom. The maximum Gasteiger partial charge on any atom is 0.157 e. The molecule has 0 atom stereocenters. The summed E-state index contributed by atoms with van der Waals surface area (Å²) in [7, 11) is 0. The summed E-state index contributed by atoms with van der Waals surface area (Å²) in [6, 6.07) is 20.3. The molecular formula is C18H12BrN3. The lowest BCUT2D eigenvalue weighted by atomic mass is 10.0. The quantitative estimate of drug-likeness (QED) is 0.549. The van der Waals surface area contributed by atoms with E-state index >= 15 is 0 Å². The fourth-order valence-corrected chi connectivity index (χ4v) is 2.78. The van der Waals surface area contributed by atoms with Crippen LogP contribution in [-0.2, 0) is 0 Å². The monoisotopic (exact) mass is 349 g/mol. The number of nitrogens with zero attached hydrogens (tertiary/aromatic N) is 2. The molecule has 22 heavy (non-hydrogen) atoms. The minimum absolute atomic E-state index is 0.792. The second-order valence-corrected chi connectivity index (χ2v) is 5.92. The molecule has 4 rings (SSSR count). The zero-order valence-corrected chi connectivity index (χ0v) is 13.2. The molecule has 0 aliphatic carbocycles. The Morgan fingerprint density at radius 2 is 1.73 bits per heavy atom. The van der Waals surface area contributed by atoms with Crippen molar-refractivity contribution in [1.82, 2.24) is 15.0 Å². The predicted molar refractivity (Wildman–Crippen MR) is 92.5 cm³/mol. The highest BCUT2D eigenvalue weighted by molar-refractivity contribution is 9.10. The molecule has 2 heterocycles. The molecule has 0 spiro atoms. The first kappa shape index (κ1) is 13.2. The Morgan fingerprint density at radius 3 is 2.50 bits per heavy atom. The van der Waals surface area contributed by atoms with Gasteiger partial charge in [0.05, 0.1) is 11.0 Å². The molecule has 0 amide bonds. The van der Waals surface area contributed by atoms with Gasteiger partial charge in [0.2, 0.25) is 0 Å². The molecule has 1 N–H and O–H groups in total. The van der Waals surface area contributed by atoms with Crippen molar-refractivity contribution in [3.63, 3.8) is 0 Å². The number of rotatable bonds is 2. The molecule has 4 aromatic rings. The summed E-state index contributed by atoms with van der Waals surface area (Å²) in [6.07, 6.45) is 1.78. The van der Waals surface area contributed by atoms with Crippen LogP contribution in [0.3, 0.4) is 0 Å². The summed E-state index contributed by atoms with van der Waals surface area (Å²) in [5.41, 5.74) is 5.09. The van der Waals surface area contributed by atoms with Gasteiger partial charge in [0.1, 0.15) is 5.69 Å². The Labute approximate surface area is 136 Å². The largest absolute Gasteiger partial charge is 0.337 e. The fraction of sp³-hybridized carbons (Fsp3) is 0. The molecule has 2 aromatic heterocycles. The maximum atomic E-state index is 4.75. The van der Waals surface area contributed by atoms with Gasteiger partial charge in [-0.25, -0.2) is 4.98 Å². The van der Waals surface area contributed by atoms with Crippen molar-refractivity contribution in [3.8, 4) is 22.6 Å². The Bertz CT molecular complexity index is 928. The van der Waals surface area contributed by atoms with Crippen LogP contribution in [0.5, 0.6) is 0 Å². The molecule has 0 fully saturated rings. The summed E-state index contributed by atoms with van der Waals surface area (Å²) >= 11 is 3.47. The van der Waals surface area contributed by atoms with E-state index in [0.717, 1.165) is 38.2 Å². The molecule has 0 bridgehead atoms. The summed E-state index contributed by atoms with van der Waals surface area (Å²) in [4.78, 5) is 12.5. The Balaban J connectivity index is 1.90. The van der Waals surface area contributed by atoms with E-state index in [4.69, 9.17) is 4.98 Å². The van der Waals surface area contributed by atoms with Crippen molar-refractivity contribution in [2.45, 2.75) is 0 Å². The van der Waals surface area contributed by atoms with Crippen LogP contribution in [0.4, 0.5) is 0 Å². The Kier molecular flexibility index (Phi) is 3.24. The van der Waals surface area contributed by atoms with Crippen LogP contribution < -0.4 is 0 Å². The van der Waals surface area contributed by atoms with Crippen LogP contribution in [0.1, 0.15) is 0 Å². The molecule has 0 radical (unpaired) electrons. The number of fused-ring (bicyclic) bond motifs is 1. The van der Waals surface area contributed by atoms with Gasteiger partial charge in [-0.15, -0.1) is 0 Å². The van der Waals surface area contributed by atoms with Crippen molar-refractivity contribution in [3.05, 3.63) is 71.3 Å². The van der Waals surface area contributed by atoms with Gasteiger partial charge in [-0.1, -0.05) is 46.3 Å². The molecule has 4 heteroatoms. The second-order valence-electron chi connectivity index (χ2n) is 5.01. The molecule has 0 saturated heterocycles. The molecular weight excluding hydrogens is 338 g/mol. The lowest BCUT2D eigenvalue weighted by Crippen LogP contribution is -1.83.